The van der Waals surface area contributed by atoms with Crippen molar-refractivity contribution in [2.24, 2.45) is 0 Å². The zero-order chi connectivity index (χ0) is 19.3. The summed E-state index contributed by atoms with van der Waals surface area (Å²) in [5.41, 5.74) is 3.54. The number of amides is 2. The summed E-state index contributed by atoms with van der Waals surface area (Å²) in [5.74, 6) is 0.252. The fourth-order valence-corrected chi connectivity index (χ4v) is 2.99. The molecule has 0 unspecified atom stereocenters. The second kappa shape index (κ2) is 8.72. The Morgan fingerprint density at radius 2 is 1.88 bits per heavy atom. The summed E-state index contributed by atoms with van der Waals surface area (Å²) < 4.78 is 5.09. The van der Waals surface area contributed by atoms with Crippen molar-refractivity contribution < 1.29 is 14.3 Å². The van der Waals surface area contributed by atoms with E-state index in [4.69, 9.17) is 16.3 Å². The Bertz CT molecular complexity index is 821. The van der Waals surface area contributed by atoms with Crippen LogP contribution in [0.2, 0.25) is 5.02 Å². The first kappa shape index (κ1) is 19.8. The molecule has 26 heavy (non-hydrogen) atoms. The van der Waals surface area contributed by atoms with Crippen LogP contribution in [0, 0.1) is 13.8 Å². The molecule has 138 valence electrons. The van der Waals surface area contributed by atoms with E-state index in [0.717, 1.165) is 16.8 Å². The number of nitrogens with zero attached hydrogens (tertiary/aromatic N) is 1. The monoisotopic (exact) mass is 374 g/mol. The zero-order valence-corrected chi connectivity index (χ0v) is 16.2. The highest BCUT2D eigenvalue weighted by Gasteiger charge is 2.16. The molecule has 1 N–H and O–H groups in total. The van der Waals surface area contributed by atoms with E-state index in [2.05, 4.69) is 5.32 Å². The summed E-state index contributed by atoms with van der Waals surface area (Å²) in [6.45, 7) is 5.76. The molecule has 0 aliphatic carbocycles. The second-order valence-electron chi connectivity index (χ2n) is 6.11. The topological polar surface area (TPSA) is 58.6 Å². The van der Waals surface area contributed by atoms with E-state index in [1.165, 1.54) is 14.0 Å². The predicted octanol–water partition coefficient (Wildman–Crippen LogP) is 4.35. The van der Waals surface area contributed by atoms with Crippen molar-refractivity contribution in [2.45, 2.75) is 27.2 Å². The fraction of sp³-hybridized carbons (Fsp3) is 0.300. The molecule has 5 nitrogen and oxygen atoms in total. The van der Waals surface area contributed by atoms with Crippen LogP contribution in [0.3, 0.4) is 0 Å². The van der Waals surface area contributed by atoms with Gasteiger partial charge in [-0.3, -0.25) is 9.59 Å². The Kier molecular flexibility index (Phi) is 6.64. The van der Waals surface area contributed by atoms with Crippen LogP contribution in [0.5, 0.6) is 5.75 Å². The van der Waals surface area contributed by atoms with Crippen molar-refractivity contribution >= 4 is 34.8 Å². The van der Waals surface area contributed by atoms with Crippen molar-refractivity contribution in [3.63, 3.8) is 0 Å². The van der Waals surface area contributed by atoms with E-state index in [1.54, 1.807) is 23.1 Å². The van der Waals surface area contributed by atoms with Crippen LogP contribution in [0.4, 0.5) is 11.4 Å². The molecular weight excluding hydrogens is 352 g/mol. The Labute approximate surface area is 158 Å². The SMILES string of the molecule is COc1ccc(NC(=O)CCN(C(C)=O)c2ccc(C)cc2C)cc1Cl. The molecule has 0 aliphatic heterocycles. The maximum Gasteiger partial charge on any atom is 0.226 e. The average Bonchev–Trinajstić information content (AvgIpc) is 2.56. The Morgan fingerprint density at radius 1 is 1.15 bits per heavy atom. The van der Waals surface area contributed by atoms with Gasteiger partial charge in [0.1, 0.15) is 5.75 Å². The second-order valence-corrected chi connectivity index (χ2v) is 6.52. The third-order valence-electron chi connectivity index (χ3n) is 4.02. The molecule has 2 aromatic carbocycles. The Hall–Kier alpha value is -2.53. The van der Waals surface area contributed by atoms with Crippen LogP contribution in [0.15, 0.2) is 36.4 Å². The molecule has 2 amide bonds. The lowest BCUT2D eigenvalue weighted by atomic mass is 10.1. The summed E-state index contributed by atoms with van der Waals surface area (Å²) in [7, 11) is 1.53. The molecule has 0 saturated carbocycles. The Morgan fingerprint density at radius 3 is 2.46 bits per heavy atom. The number of carbonyl (C=O) groups excluding carboxylic acids is 2. The molecular formula is C20H23ClN2O3. The van der Waals surface area contributed by atoms with Gasteiger partial charge in [0.15, 0.2) is 0 Å². The number of hydrogen-bond donors (Lipinski definition) is 1. The molecule has 0 saturated heterocycles. The molecule has 2 aromatic rings. The zero-order valence-electron chi connectivity index (χ0n) is 15.4. The lowest BCUT2D eigenvalue weighted by Crippen LogP contribution is -2.32. The van der Waals surface area contributed by atoms with Crippen molar-refractivity contribution in [1.29, 1.82) is 0 Å². The van der Waals surface area contributed by atoms with Crippen LogP contribution < -0.4 is 15.0 Å². The fourth-order valence-electron chi connectivity index (χ4n) is 2.74. The molecule has 6 heteroatoms. The number of aryl methyl sites for hydroxylation is 2. The van der Waals surface area contributed by atoms with Crippen molar-refractivity contribution in [3.05, 3.63) is 52.5 Å². The summed E-state index contributed by atoms with van der Waals surface area (Å²) in [5, 5.41) is 3.21. The van der Waals surface area contributed by atoms with Crippen LogP contribution in [-0.4, -0.2) is 25.5 Å². The van der Waals surface area contributed by atoms with Gasteiger partial charge in [-0.25, -0.2) is 0 Å². The maximum atomic E-state index is 12.3. The van der Waals surface area contributed by atoms with E-state index in [1.807, 2.05) is 32.0 Å². The minimum atomic E-state index is -0.192. The largest absolute Gasteiger partial charge is 0.495 e. The first-order chi connectivity index (χ1) is 12.3. The van der Waals surface area contributed by atoms with E-state index in [0.29, 0.717) is 23.0 Å². The number of anilines is 2. The molecule has 0 spiro atoms. The van der Waals surface area contributed by atoms with Gasteiger partial charge >= 0.3 is 0 Å². The highest BCUT2D eigenvalue weighted by atomic mass is 35.5. The van der Waals surface area contributed by atoms with Gasteiger partial charge in [-0.1, -0.05) is 29.3 Å². The molecule has 0 atom stereocenters. The quantitative estimate of drug-likeness (QED) is 0.817. The molecule has 2 rings (SSSR count). The van der Waals surface area contributed by atoms with Gasteiger partial charge in [-0.15, -0.1) is 0 Å². The van der Waals surface area contributed by atoms with Crippen LogP contribution in [0.25, 0.3) is 0 Å². The van der Waals surface area contributed by atoms with Gasteiger partial charge in [0, 0.05) is 31.3 Å². The van der Waals surface area contributed by atoms with E-state index >= 15 is 0 Å². The first-order valence-corrected chi connectivity index (χ1v) is 8.68. The van der Waals surface area contributed by atoms with Gasteiger partial charge in [-0.05, 0) is 43.7 Å². The van der Waals surface area contributed by atoms with Crippen LogP contribution in [0.1, 0.15) is 24.5 Å². The third-order valence-corrected chi connectivity index (χ3v) is 4.32. The number of ether oxygens (including phenoxy) is 1. The van der Waals surface area contributed by atoms with Gasteiger partial charge in [0.05, 0.1) is 12.1 Å². The number of hydrogen-bond acceptors (Lipinski definition) is 3. The molecule has 0 radical (unpaired) electrons. The standard InChI is InChI=1S/C20H23ClN2O3/c1-13-5-7-18(14(2)11-13)23(15(3)24)10-9-20(25)22-16-6-8-19(26-4)17(21)12-16/h5-8,11-12H,9-10H2,1-4H3,(H,22,25). The maximum absolute atomic E-state index is 12.3. The summed E-state index contributed by atoms with van der Waals surface area (Å²) in [4.78, 5) is 25.9. The van der Waals surface area contributed by atoms with E-state index in [9.17, 15) is 9.59 Å². The molecule has 0 bridgehead atoms. The number of nitrogens with one attached hydrogen (secondary N) is 1. The number of methoxy groups -OCH3 is 1. The number of halogens is 1. The third kappa shape index (κ3) is 4.99. The van der Waals surface area contributed by atoms with Gasteiger partial charge in [0.2, 0.25) is 11.8 Å². The van der Waals surface area contributed by atoms with Gasteiger partial charge < -0.3 is 15.0 Å². The summed E-state index contributed by atoms with van der Waals surface area (Å²) >= 11 is 6.06. The lowest BCUT2D eigenvalue weighted by molar-refractivity contribution is -0.117. The van der Waals surface area contributed by atoms with Crippen LogP contribution >= 0.6 is 11.6 Å². The van der Waals surface area contributed by atoms with E-state index in [-0.39, 0.29) is 18.2 Å². The summed E-state index contributed by atoms with van der Waals surface area (Å²) in [6, 6.07) is 10.9. The van der Waals surface area contributed by atoms with Crippen LogP contribution in [-0.2, 0) is 9.59 Å². The summed E-state index contributed by atoms with van der Waals surface area (Å²) in [6.07, 6.45) is 0.177. The van der Waals surface area contributed by atoms with Crippen molar-refractivity contribution in [1.82, 2.24) is 0 Å². The molecule has 0 aromatic heterocycles. The van der Waals surface area contributed by atoms with E-state index < -0.39 is 0 Å². The highest BCUT2D eigenvalue weighted by molar-refractivity contribution is 6.32. The minimum Gasteiger partial charge on any atom is -0.495 e. The predicted molar refractivity (Wildman–Crippen MR) is 105 cm³/mol. The lowest BCUT2D eigenvalue weighted by Gasteiger charge is -2.23. The number of rotatable bonds is 6. The number of carbonyl (C=O) groups is 2. The first-order valence-electron chi connectivity index (χ1n) is 8.30. The number of benzene rings is 2. The smallest absolute Gasteiger partial charge is 0.226 e. The Balaban J connectivity index is 2.03. The molecule has 0 heterocycles. The highest BCUT2D eigenvalue weighted by Crippen LogP contribution is 2.27. The van der Waals surface area contributed by atoms with Gasteiger partial charge in [0.25, 0.3) is 0 Å². The van der Waals surface area contributed by atoms with Crippen molar-refractivity contribution in [2.75, 3.05) is 23.9 Å². The normalized spacial score (nSPS) is 10.3. The van der Waals surface area contributed by atoms with Gasteiger partial charge in [-0.2, -0.15) is 0 Å². The minimum absolute atomic E-state index is 0.0998. The molecule has 0 fully saturated rings. The van der Waals surface area contributed by atoms with Crippen molar-refractivity contribution in [3.8, 4) is 5.75 Å². The average molecular weight is 375 g/mol. The molecule has 0 aliphatic rings.